The van der Waals surface area contributed by atoms with Gasteiger partial charge in [-0.2, -0.15) is 13.2 Å². The zero-order valence-corrected chi connectivity index (χ0v) is 35.9. The first-order valence-corrected chi connectivity index (χ1v) is 22.0. The van der Waals surface area contributed by atoms with E-state index >= 15 is 22.0 Å². The highest BCUT2D eigenvalue weighted by molar-refractivity contribution is 6.12. The van der Waals surface area contributed by atoms with Crippen LogP contribution in [0.4, 0.5) is 22.0 Å². The molecule has 0 fully saturated rings. The van der Waals surface area contributed by atoms with Crippen LogP contribution in [0.15, 0.2) is 212 Å². The van der Waals surface area contributed by atoms with Crippen LogP contribution in [0.2, 0.25) is 0 Å². The molecule has 12 rings (SSSR count). The standard InChI is InChI=1S/C59H35F5N4/c60-41-29-40(30-42(61)33-41)47-34-58(68-54-24-10-8-18-44(54)46-28-26-39(32-56(46)68)52-22-12-20-50(66-52)37-15-5-2-6-16-37)48(59(62,63)64)35-57(47)67-53-23-9-7-17-43(53)45-27-25-38(31-55(45)67)51-21-11-19-49(65-51)36-13-3-1-4-14-36/h1-35H. The van der Waals surface area contributed by atoms with E-state index in [4.69, 9.17) is 9.97 Å². The minimum absolute atomic E-state index is 0.0650. The van der Waals surface area contributed by atoms with Crippen LogP contribution in [0.25, 0.3) is 111 Å². The Hall–Kier alpha value is -8.69. The lowest BCUT2D eigenvalue weighted by atomic mass is 9.98. The lowest BCUT2D eigenvalue weighted by Crippen LogP contribution is -2.13. The van der Waals surface area contributed by atoms with Gasteiger partial charge in [-0.25, -0.2) is 18.7 Å². The van der Waals surface area contributed by atoms with Crippen molar-refractivity contribution in [3.05, 3.63) is 230 Å². The van der Waals surface area contributed by atoms with Crippen LogP contribution in [0.3, 0.4) is 0 Å². The maximum Gasteiger partial charge on any atom is 0.418 e. The summed E-state index contributed by atoms with van der Waals surface area (Å²) in [6.45, 7) is 0. The molecule has 0 unspecified atom stereocenters. The highest BCUT2D eigenvalue weighted by atomic mass is 19.4. The summed E-state index contributed by atoms with van der Waals surface area (Å²) in [6, 6.07) is 62.9. The maximum atomic E-state index is 16.2. The molecule has 0 spiro atoms. The first kappa shape index (κ1) is 40.8. The minimum Gasteiger partial charge on any atom is -0.309 e. The molecule has 0 atom stereocenters. The Labute approximate surface area is 386 Å². The van der Waals surface area contributed by atoms with Gasteiger partial charge in [-0.05, 0) is 78.4 Å². The van der Waals surface area contributed by atoms with Crippen molar-refractivity contribution >= 4 is 43.6 Å². The topological polar surface area (TPSA) is 35.6 Å². The van der Waals surface area contributed by atoms with E-state index in [1.165, 1.54) is 6.07 Å². The first-order valence-electron chi connectivity index (χ1n) is 22.0. The number of benzene rings is 8. The highest BCUT2D eigenvalue weighted by Crippen LogP contribution is 2.46. The van der Waals surface area contributed by atoms with Crippen LogP contribution in [0.5, 0.6) is 0 Å². The largest absolute Gasteiger partial charge is 0.418 e. The number of rotatable bonds is 7. The van der Waals surface area contributed by atoms with Crippen LogP contribution in [-0.2, 0) is 6.18 Å². The fourth-order valence-electron chi connectivity index (χ4n) is 9.62. The molecule has 8 aromatic carbocycles. The van der Waals surface area contributed by atoms with Crippen molar-refractivity contribution in [3.8, 4) is 67.5 Å². The molecule has 0 aliphatic heterocycles. The molecule has 0 aliphatic rings. The zero-order valence-electron chi connectivity index (χ0n) is 35.9. The molecule has 0 aliphatic carbocycles. The Morgan fingerprint density at radius 2 is 0.750 bits per heavy atom. The second-order valence-corrected chi connectivity index (χ2v) is 16.8. The third-order valence-electron chi connectivity index (χ3n) is 12.7. The van der Waals surface area contributed by atoms with E-state index in [-0.39, 0.29) is 22.5 Å². The van der Waals surface area contributed by atoms with Crippen molar-refractivity contribution in [2.45, 2.75) is 6.18 Å². The summed E-state index contributed by atoms with van der Waals surface area (Å²) in [5.41, 5.74) is 7.50. The number of alkyl halides is 3. The van der Waals surface area contributed by atoms with E-state index in [2.05, 4.69) is 0 Å². The summed E-state index contributed by atoms with van der Waals surface area (Å²) in [5, 5.41) is 3.01. The number of aromatic nitrogens is 4. The van der Waals surface area contributed by atoms with Crippen molar-refractivity contribution in [1.82, 2.24) is 19.1 Å². The number of halogens is 5. The molecule has 326 valence electrons. The Kier molecular flexibility index (Phi) is 9.62. The third kappa shape index (κ3) is 6.98. The Bertz CT molecular complexity index is 3910. The first-order chi connectivity index (χ1) is 33.2. The number of fused-ring (bicyclic) bond motifs is 6. The summed E-state index contributed by atoms with van der Waals surface area (Å²) in [6.07, 6.45) is -4.90. The maximum absolute atomic E-state index is 16.2. The van der Waals surface area contributed by atoms with Crippen molar-refractivity contribution in [2.75, 3.05) is 0 Å². The third-order valence-corrected chi connectivity index (χ3v) is 12.7. The van der Waals surface area contributed by atoms with Crippen molar-refractivity contribution < 1.29 is 22.0 Å². The van der Waals surface area contributed by atoms with Crippen molar-refractivity contribution in [2.24, 2.45) is 0 Å². The molecular formula is C59H35F5N4. The predicted octanol–water partition coefficient (Wildman–Crippen LogP) is 16.3. The Balaban J connectivity index is 1.14. The normalized spacial score (nSPS) is 11.9. The van der Waals surface area contributed by atoms with Crippen molar-refractivity contribution in [1.29, 1.82) is 0 Å². The van der Waals surface area contributed by atoms with Gasteiger partial charge in [-0.3, -0.25) is 0 Å². The van der Waals surface area contributed by atoms with Crippen LogP contribution < -0.4 is 0 Å². The fourth-order valence-corrected chi connectivity index (χ4v) is 9.62. The van der Waals surface area contributed by atoms with E-state index in [1.54, 1.807) is 21.3 Å². The SMILES string of the molecule is Fc1cc(F)cc(-c2cc(-n3c4ccccc4c4ccc(-c5cccc(-c6ccccc6)n5)cc43)c(C(F)(F)F)cc2-n2c3ccccc3c3ccc(-c4cccc(-c5ccccc5)n4)cc32)c1. The molecular weight excluding hydrogens is 860 g/mol. The molecule has 4 nitrogen and oxygen atoms in total. The van der Waals surface area contributed by atoms with E-state index in [9.17, 15) is 0 Å². The molecule has 0 N–H and O–H groups in total. The number of pyridine rings is 2. The molecule has 68 heavy (non-hydrogen) atoms. The van der Waals surface area contributed by atoms with Crippen LogP contribution >= 0.6 is 0 Å². The van der Waals surface area contributed by atoms with Gasteiger partial charge in [0.25, 0.3) is 0 Å². The quantitative estimate of drug-likeness (QED) is 0.149. The lowest BCUT2D eigenvalue weighted by molar-refractivity contribution is -0.137. The molecule has 0 saturated carbocycles. The van der Waals surface area contributed by atoms with Gasteiger partial charge in [-0.1, -0.05) is 133 Å². The average Bonchev–Trinajstić information content (AvgIpc) is 3.88. The fraction of sp³-hybridized carbons (Fsp3) is 0.0169. The Morgan fingerprint density at radius 3 is 1.24 bits per heavy atom. The van der Waals surface area contributed by atoms with Gasteiger partial charge in [0.05, 0.1) is 61.8 Å². The Morgan fingerprint density at radius 1 is 0.324 bits per heavy atom. The number of hydrogen-bond donors (Lipinski definition) is 0. The van der Waals surface area contributed by atoms with Crippen LogP contribution in [0, 0.1) is 11.6 Å². The summed E-state index contributed by atoms with van der Waals surface area (Å²) < 4.78 is 82.9. The summed E-state index contributed by atoms with van der Waals surface area (Å²) >= 11 is 0. The van der Waals surface area contributed by atoms with Gasteiger partial charge in [0, 0.05) is 55.4 Å². The number of hydrogen-bond acceptors (Lipinski definition) is 2. The molecule has 12 aromatic rings. The molecule has 4 aromatic heterocycles. The van der Waals surface area contributed by atoms with Gasteiger partial charge in [0.2, 0.25) is 0 Å². The van der Waals surface area contributed by atoms with Gasteiger partial charge >= 0.3 is 6.18 Å². The summed E-state index contributed by atoms with van der Waals surface area (Å²) in [7, 11) is 0. The van der Waals surface area contributed by atoms with Gasteiger partial charge in [0.15, 0.2) is 0 Å². The molecule has 0 bridgehead atoms. The average molecular weight is 895 g/mol. The molecule has 9 heteroatoms. The van der Waals surface area contributed by atoms with Crippen LogP contribution in [0.1, 0.15) is 5.56 Å². The molecule has 4 heterocycles. The van der Waals surface area contributed by atoms with Gasteiger partial charge in [0.1, 0.15) is 11.6 Å². The highest BCUT2D eigenvalue weighted by Gasteiger charge is 2.37. The summed E-state index contributed by atoms with van der Waals surface area (Å²) in [4.78, 5) is 9.96. The monoisotopic (exact) mass is 894 g/mol. The van der Waals surface area contributed by atoms with E-state index in [0.29, 0.717) is 39.0 Å². The smallest absolute Gasteiger partial charge is 0.309 e. The van der Waals surface area contributed by atoms with Gasteiger partial charge in [-0.15, -0.1) is 0 Å². The van der Waals surface area contributed by atoms with Crippen LogP contribution in [-0.4, -0.2) is 19.1 Å². The molecule has 0 radical (unpaired) electrons. The lowest BCUT2D eigenvalue weighted by Gasteiger charge is -2.22. The second kappa shape index (κ2) is 16.0. The minimum atomic E-state index is -4.90. The molecule has 0 saturated heterocycles. The number of nitrogens with zero attached hydrogens (tertiary/aromatic N) is 4. The predicted molar refractivity (Wildman–Crippen MR) is 263 cm³/mol. The van der Waals surface area contributed by atoms with E-state index in [0.717, 1.165) is 73.9 Å². The summed E-state index contributed by atoms with van der Waals surface area (Å²) in [5.74, 6) is -1.74. The van der Waals surface area contributed by atoms with E-state index in [1.807, 2.05) is 170 Å². The zero-order chi connectivity index (χ0) is 46.1. The van der Waals surface area contributed by atoms with Crippen molar-refractivity contribution in [3.63, 3.8) is 0 Å². The molecule has 0 amide bonds. The van der Waals surface area contributed by atoms with Gasteiger partial charge < -0.3 is 9.13 Å². The van der Waals surface area contributed by atoms with E-state index < -0.39 is 23.4 Å². The second-order valence-electron chi connectivity index (χ2n) is 16.8. The number of para-hydroxylation sites is 2.